The van der Waals surface area contributed by atoms with Crippen molar-refractivity contribution in [1.82, 2.24) is 0 Å². The highest BCUT2D eigenvalue weighted by atomic mass is 16.3. The monoisotopic (exact) mass is 996 g/mol. The minimum absolute atomic E-state index is 0.843. The van der Waals surface area contributed by atoms with E-state index in [1.54, 1.807) is 0 Å². The molecule has 15 rings (SSSR count). The zero-order valence-corrected chi connectivity index (χ0v) is 42.4. The van der Waals surface area contributed by atoms with Crippen LogP contribution in [0.1, 0.15) is 0 Å². The summed E-state index contributed by atoms with van der Waals surface area (Å²) in [7, 11) is 0. The SMILES string of the molecule is c1ccc(-c2ccc(N(c3ccc(-c4ccccc4)cc3)c3cc(-c4cc5ccccc5c5ccccc45)cc(N(c4ccc(-c5cccc6c5oc5ccccc56)cc4)c4ccc5oc6ccccc6c5c4)c3)cc2)cc1. The van der Waals surface area contributed by atoms with Crippen molar-refractivity contribution in [1.29, 1.82) is 0 Å². The highest BCUT2D eigenvalue weighted by molar-refractivity contribution is 6.15. The predicted molar refractivity (Wildman–Crippen MR) is 327 cm³/mol. The van der Waals surface area contributed by atoms with Crippen LogP contribution < -0.4 is 9.80 Å². The Hall–Kier alpha value is -10.4. The number of para-hydroxylation sites is 3. The van der Waals surface area contributed by atoms with E-state index in [1.165, 1.54) is 32.7 Å². The molecule has 2 aromatic heterocycles. The lowest BCUT2D eigenvalue weighted by atomic mass is 9.92. The van der Waals surface area contributed by atoms with Crippen molar-refractivity contribution < 1.29 is 8.83 Å². The third-order valence-corrected chi connectivity index (χ3v) is 15.4. The quantitative estimate of drug-likeness (QED) is 0.128. The van der Waals surface area contributed by atoms with Gasteiger partial charge in [0.1, 0.15) is 22.3 Å². The summed E-state index contributed by atoms with van der Waals surface area (Å²) in [6, 6.07) is 105. The van der Waals surface area contributed by atoms with Gasteiger partial charge in [0.2, 0.25) is 0 Å². The van der Waals surface area contributed by atoms with Crippen LogP contribution in [0.2, 0.25) is 0 Å². The van der Waals surface area contributed by atoms with E-state index < -0.39 is 0 Å². The minimum atomic E-state index is 0.843. The van der Waals surface area contributed by atoms with Gasteiger partial charge in [-0.2, -0.15) is 0 Å². The lowest BCUT2D eigenvalue weighted by Gasteiger charge is -2.31. The first-order valence-electron chi connectivity index (χ1n) is 26.5. The molecule has 0 bridgehead atoms. The Kier molecular flexibility index (Phi) is 10.8. The summed E-state index contributed by atoms with van der Waals surface area (Å²) in [6.07, 6.45) is 0. The minimum Gasteiger partial charge on any atom is -0.456 e. The zero-order chi connectivity index (χ0) is 51.5. The molecule has 0 N–H and O–H groups in total. The fourth-order valence-corrected chi connectivity index (χ4v) is 11.7. The van der Waals surface area contributed by atoms with E-state index in [9.17, 15) is 0 Å². The summed E-state index contributed by atoms with van der Waals surface area (Å²) < 4.78 is 13.0. The average Bonchev–Trinajstić information content (AvgIpc) is 4.18. The van der Waals surface area contributed by atoms with E-state index in [2.05, 4.69) is 277 Å². The fraction of sp³-hybridized carbons (Fsp3) is 0. The molecule has 2 heterocycles. The van der Waals surface area contributed by atoms with E-state index in [1.807, 2.05) is 24.3 Å². The molecule has 78 heavy (non-hydrogen) atoms. The molecule has 0 fully saturated rings. The van der Waals surface area contributed by atoms with Crippen LogP contribution in [0.3, 0.4) is 0 Å². The lowest BCUT2D eigenvalue weighted by Crippen LogP contribution is -2.14. The van der Waals surface area contributed by atoms with Gasteiger partial charge in [-0.1, -0.05) is 200 Å². The molecular formula is C74H48N2O2. The Bertz CT molecular complexity index is 4630. The Morgan fingerprint density at radius 3 is 1.28 bits per heavy atom. The van der Waals surface area contributed by atoms with Gasteiger partial charge in [0, 0.05) is 61.2 Å². The van der Waals surface area contributed by atoms with Crippen molar-refractivity contribution in [3.8, 4) is 44.5 Å². The Morgan fingerprint density at radius 1 is 0.205 bits per heavy atom. The number of hydrogen-bond acceptors (Lipinski definition) is 4. The molecule has 0 atom stereocenters. The van der Waals surface area contributed by atoms with Gasteiger partial charge in [-0.3, -0.25) is 0 Å². The van der Waals surface area contributed by atoms with Crippen molar-refractivity contribution in [2.45, 2.75) is 0 Å². The van der Waals surface area contributed by atoms with Crippen molar-refractivity contribution in [3.63, 3.8) is 0 Å². The van der Waals surface area contributed by atoms with Gasteiger partial charge in [-0.25, -0.2) is 0 Å². The zero-order valence-electron chi connectivity index (χ0n) is 42.4. The van der Waals surface area contributed by atoms with E-state index in [0.717, 1.165) is 111 Å². The molecule has 0 unspecified atom stereocenters. The Morgan fingerprint density at radius 2 is 0.654 bits per heavy atom. The molecule has 0 saturated carbocycles. The van der Waals surface area contributed by atoms with Crippen molar-refractivity contribution in [2.75, 3.05) is 9.80 Å². The molecule has 4 nitrogen and oxygen atoms in total. The molecule has 0 amide bonds. The van der Waals surface area contributed by atoms with Crippen molar-refractivity contribution in [2.24, 2.45) is 0 Å². The second-order valence-corrected chi connectivity index (χ2v) is 20.0. The summed E-state index contributed by atoms with van der Waals surface area (Å²) in [6.45, 7) is 0. The van der Waals surface area contributed by atoms with Gasteiger partial charge < -0.3 is 18.6 Å². The van der Waals surface area contributed by atoms with Crippen LogP contribution in [-0.4, -0.2) is 0 Å². The number of nitrogens with zero attached hydrogens (tertiary/aromatic N) is 2. The van der Waals surface area contributed by atoms with Crippen molar-refractivity contribution in [3.05, 3.63) is 291 Å². The summed E-state index contributed by atoms with van der Waals surface area (Å²) in [4.78, 5) is 4.81. The molecular weight excluding hydrogens is 949 g/mol. The topological polar surface area (TPSA) is 32.8 Å². The van der Waals surface area contributed by atoms with Crippen LogP contribution >= 0.6 is 0 Å². The van der Waals surface area contributed by atoms with E-state index >= 15 is 0 Å². The molecule has 13 aromatic carbocycles. The highest BCUT2D eigenvalue weighted by Gasteiger charge is 2.23. The molecule has 4 heteroatoms. The van der Waals surface area contributed by atoms with Gasteiger partial charge in [-0.15, -0.1) is 0 Å². The largest absolute Gasteiger partial charge is 0.456 e. The van der Waals surface area contributed by atoms with E-state index in [0.29, 0.717) is 0 Å². The van der Waals surface area contributed by atoms with Crippen LogP contribution in [0, 0.1) is 0 Å². The normalized spacial score (nSPS) is 11.6. The molecule has 0 saturated heterocycles. The number of hydrogen-bond donors (Lipinski definition) is 0. The number of furan rings is 2. The first-order chi connectivity index (χ1) is 38.6. The standard InChI is InChI=1S/C74H48N2O2/c1-3-16-49(17-4-1)51-30-36-56(37-31-51)75(57-38-32-52(33-39-57)50-18-5-2-6-19-50)60-44-55(69-46-54-20-7-8-21-62(54)64-22-9-10-23-65(64)69)45-61(47-60)76(59-42-43-73-70(48-59)67-25-12-13-28-71(67)77-73)58-40-34-53(35-41-58)63-26-15-27-68-66-24-11-14-29-72(66)78-74(63)68/h1-48H. The maximum atomic E-state index is 6.58. The third kappa shape index (κ3) is 7.86. The third-order valence-electron chi connectivity index (χ3n) is 15.4. The molecule has 0 aliphatic rings. The van der Waals surface area contributed by atoms with Crippen LogP contribution in [0.15, 0.2) is 300 Å². The number of anilines is 6. The molecule has 0 aliphatic heterocycles. The average molecular weight is 997 g/mol. The molecule has 15 aromatic rings. The number of rotatable bonds is 10. The fourth-order valence-electron chi connectivity index (χ4n) is 11.7. The van der Waals surface area contributed by atoms with Crippen LogP contribution in [0.25, 0.3) is 110 Å². The Balaban J connectivity index is 0.979. The maximum Gasteiger partial charge on any atom is 0.143 e. The first kappa shape index (κ1) is 45.0. The van der Waals surface area contributed by atoms with E-state index in [-0.39, 0.29) is 0 Å². The highest BCUT2D eigenvalue weighted by Crippen LogP contribution is 2.47. The summed E-state index contributed by atoms with van der Waals surface area (Å²) >= 11 is 0. The summed E-state index contributed by atoms with van der Waals surface area (Å²) in [5.41, 5.74) is 18.6. The second-order valence-electron chi connectivity index (χ2n) is 20.0. The first-order valence-corrected chi connectivity index (χ1v) is 26.5. The van der Waals surface area contributed by atoms with E-state index in [4.69, 9.17) is 8.83 Å². The van der Waals surface area contributed by atoms with Gasteiger partial charge in [-0.05, 0) is 151 Å². The van der Waals surface area contributed by atoms with Crippen LogP contribution in [0.4, 0.5) is 34.1 Å². The van der Waals surface area contributed by atoms with Crippen LogP contribution in [-0.2, 0) is 0 Å². The van der Waals surface area contributed by atoms with Gasteiger partial charge in [0.15, 0.2) is 0 Å². The number of benzene rings is 13. The van der Waals surface area contributed by atoms with Crippen molar-refractivity contribution >= 4 is 99.5 Å². The predicted octanol–water partition coefficient (Wildman–Crippen LogP) is 21.4. The maximum absolute atomic E-state index is 6.58. The van der Waals surface area contributed by atoms with Gasteiger partial charge in [0.05, 0.1) is 0 Å². The molecule has 0 aliphatic carbocycles. The van der Waals surface area contributed by atoms with Gasteiger partial charge in [0.25, 0.3) is 0 Å². The molecule has 366 valence electrons. The number of fused-ring (bicyclic) bond motifs is 9. The van der Waals surface area contributed by atoms with Gasteiger partial charge >= 0.3 is 0 Å². The second kappa shape index (κ2) is 18.7. The van der Waals surface area contributed by atoms with Crippen LogP contribution in [0.5, 0.6) is 0 Å². The lowest BCUT2D eigenvalue weighted by molar-refractivity contribution is 0.669. The molecule has 0 spiro atoms. The smallest absolute Gasteiger partial charge is 0.143 e. The Labute approximate surface area is 451 Å². The molecule has 0 radical (unpaired) electrons. The summed E-state index contributed by atoms with van der Waals surface area (Å²) in [5, 5.41) is 9.16. The summed E-state index contributed by atoms with van der Waals surface area (Å²) in [5.74, 6) is 0.